The van der Waals surface area contributed by atoms with Crippen molar-refractivity contribution >= 4 is 5.91 Å². The van der Waals surface area contributed by atoms with E-state index >= 15 is 0 Å². The number of nitrogens with zero attached hydrogens (tertiary/aromatic N) is 3. The summed E-state index contributed by atoms with van der Waals surface area (Å²) in [5.41, 5.74) is 2.16. The van der Waals surface area contributed by atoms with Crippen LogP contribution in [0.5, 0.6) is 11.6 Å². The molecule has 7 nitrogen and oxygen atoms in total. The topological polar surface area (TPSA) is 75.1 Å². The second-order valence-corrected chi connectivity index (χ2v) is 10.3. The number of fused-ring (bicyclic) bond motifs is 1. The molecule has 1 N–H and O–H groups in total. The number of ether oxygens (including phenoxy) is 2. The Bertz CT molecular complexity index is 1010. The van der Waals surface area contributed by atoms with Crippen LogP contribution in [0.4, 0.5) is 0 Å². The molecule has 190 valence electrons. The first-order valence-corrected chi connectivity index (χ1v) is 12.8. The van der Waals surface area contributed by atoms with Gasteiger partial charge < -0.3 is 24.4 Å². The molecule has 0 saturated heterocycles. The SMILES string of the molecule is COc1cccc(-c2cnc3c(c2)C(=O)N([C@H](C)CO)C[C@H](C)[C@@H](CN(C)CC2CCCC2)O3)c1. The lowest BCUT2D eigenvalue weighted by Crippen LogP contribution is -2.50. The lowest BCUT2D eigenvalue weighted by molar-refractivity contribution is 0.0320. The summed E-state index contributed by atoms with van der Waals surface area (Å²) in [5, 5.41) is 9.90. The van der Waals surface area contributed by atoms with Crippen molar-refractivity contribution in [1.29, 1.82) is 0 Å². The first-order chi connectivity index (χ1) is 16.9. The van der Waals surface area contributed by atoms with Gasteiger partial charge in [0.25, 0.3) is 5.91 Å². The number of carbonyl (C=O) groups excluding carboxylic acids is 1. The number of pyridine rings is 1. The fourth-order valence-corrected chi connectivity index (χ4v) is 5.30. The average molecular weight is 482 g/mol. The molecule has 1 aromatic heterocycles. The zero-order valence-corrected chi connectivity index (χ0v) is 21.4. The largest absolute Gasteiger partial charge is 0.497 e. The van der Waals surface area contributed by atoms with Crippen LogP contribution in [0.1, 0.15) is 49.9 Å². The third kappa shape index (κ3) is 5.96. The molecule has 0 radical (unpaired) electrons. The summed E-state index contributed by atoms with van der Waals surface area (Å²) in [4.78, 5) is 22.4. The smallest absolute Gasteiger partial charge is 0.259 e. The number of hydrogen-bond donors (Lipinski definition) is 1. The molecule has 3 atom stereocenters. The monoisotopic (exact) mass is 481 g/mol. The van der Waals surface area contributed by atoms with Gasteiger partial charge in [-0.3, -0.25) is 4.79 Å². The van der Waals surface area contributed by atoms with Gasteiger partial charge in [-0.25, -0.2) is 4.98 Å². The number of amides is 1. The highest BCUT2D eigenvalue weighted by molar-refractivity contribution is 5.98. The Balaban J connectivity index is 1.65. The molecule has 1 saturated carbocycles. The summed E-state index contributed by atoms with van der Waals surface area (Å²) in [6.07, 6.45) is 6.91. The fraction of sp³-hybridized carbons (Fsp3) is 0.571. The zero-order chi connectivity index (χ0) is 24.9. The zero-order valence-electron chi connectivity index (χ0n) is 21.4. The van der Waals surface area contributed by atoms with E-state index in [-0.39, 0.29) is 30.6 Å². The third-order valence-electron chi connectivity index (χ3n) is 7.46. The highest BCUT2D eigenvalue weighted by Gasteiger charge is 2.34. The van der Waals surface area contributed by atoms with E-state index in [0.717, 1.165) is 35.9 Å². The lowest BCUT2D eigenvalue weighted by Gasteiger charge is -2.38. The summed E-state index contributed by atoms with van der Waals surface area (Å²) < 4.78 is 11.8. The summed E-state index contributed by atoms with van der Waals surface area (Å²) in [5.74, 6) is 1.79. The van der Waals surface area contributed by atoms with Gasteiger partial charge in [-0.05, 0) is 56.5 Å². The van der Waals surface area contributed by atoms with Crippen LogP contribution < -0.4 is 9.47 Å². The molecule has 2 heterocycles. The normalized spacial score (nSPS) is 21.9. The van der Waals surface area contributed by atoms with E-state index in [4.69, 9.17) is 9.47 Å². The fourth-order valence-electron chi connectivity index (χ4n) is 5.30. The summed E-state index contributed by atoms with van der Waals surface area (Å²) in [6, 6.07) is 9.25. The molecule has 1 aliphatic heterocycles. The molecule has 7 heteroatoms. The van der Waals surface area contributed by atoms with Crippen LogP contribution in [-0.4, -0.2) is 78.3 Å². The Kier molecular flexibility index (Phi) is 8.29. The first kappa shape index (κ1) is 25.5. The van der Waals surface area contributed by atoms with Gasteiger partial charge in [0.2, 0.25) is 5.88 Å². The number of methoxy groups -OCH3 is 1. The van der Waals surface area contributed by atoms with Crippen molar-refractivity contribution in [2.75, 3.05) is 40.4 Å². The van der Waals surface area contributed by atoms with E-state index in [0.29, 0.717) is 18.0 Å². The molecule has 1 aliphatic carbocycles. The van der Waals surface area contributed by atoms with Gasteiger partial charge in [0, 0.05) is 37.3 Å². The van der Waals surface area contributed by atoms with Gasteiger partial charge in [-0.1, -0.05) is 31.9 Å². The second kappa shape index (κ2) is 11.4. The number of aromatic nitrogens is 1. The Morgan fingerprint density at radius 3 is 2.71 bits per heavy atom. The van der Waals surface area contributed by atoms with Crippen molar-refractivity contribution in [2.45, 2.75) is 51.7 Å². The Morgan fingerprint density at radius 2 is 2.00 bits per heavy atom. The van der Waals surface area contributed by atoms with E-state index in [2.05, 4.69) is 23.9 Å². The van der Waals surface area contributed by atoms with Crippen LogP contribution in [0, 0.1) is 11.8 Å². The maximum Gasteiger partial charge on any atom is 0.259 e. The standard InChI is InChI=1S/C28H39N3O4/c1-19-15-31(20(2)18-32)28(33)25-13-23(22-10-7-11-24(12-22)34-4)14-29-27(25)35-26(19)17-30(3)16-21-8-5-6-9-21/h7,10-14,19-21,26,32H,5-6,8-9,15-18H2,1-4H3/t19-,20+,26+/m0/s1. The van der Waals surface area contributed by atoms with E-state index < -0.39 is 0 Å². The van der Waals surface area contributed by atoms with Crippen molar-refractivity contribution < 1.29 is 19.4 Å². The minimum Gasteiger partial charge on any atom is -0.497 e. The number of benzene rings is 1. The number of carbonyl (C=O) groups is 1. The molecular formula is C28H39N3O4. The van der Waals surface area contributed by atoms with Crippen LogP contribution in [0.15, 0.2) is 36.5 Å². The lowest BCUT2D eigenvalue weighted by atomic mass is 9.98. The predicted octanol–water partition coefficient (Wildman–Crippen LogP) is 4.10. The third-order valence-corrected chi connectivity index (χ3v) is 7.46. The van der Waals surface area contributed by atoms with Crippen LogP contribution >= 0.6 is 0 Å². The van der Waals surface area contributed by atoms with Gasteiger partial charge in [-0.15, -0.1) is 0 Å². The number of hydrogen-bond acceptors (Lipinski definition) is 6. The van der Waals surface area contributed by atoms with Gasteiger partial charge in [0.15, 0.2) is 0 Å². The van der Waals surface area contributed by atoms with Crippen molar-refractivity contribution in [3.05, 3.63) is 42.1 Å². The van der Waals surface area contributed by atoms with Crippen LogP contribution in [-0.2, 0) is 0 Å². The molecule has 1 aromatic carbocycles. The Labute approximate surface area is 209 Å². The minimum absolute atomic E-state index is 0.0898. The number of likely N-dealkylation sites (N-methyl/N-ethyl adjacent to an activating group) is 1. The summed E-state index contributed by atoms with van der Waals surface area (Å²) in [6.45, 7) is 6.26. The van der Waals surface area contributed by atoms with Gasteiger partial charge in [-0.2, -0.15) is 0 Å². The molecule has 35 heavy (non-hydrogen) atoms. The maximum atomic E-state index is 13.7. The molecule has 1 amide bonds. The molecule has 1 fully saturated rings. The molecule has 4 rings (SSSR count). The van der Waals surface area contributed by atoms with Gasteiger partial charge in [0.05, 0.1) is 19.8 Å². The van der Waals surface area contributed by atoms with Gasteiger partial charge >= 0.3 is 0 Å². The number of rotatable bonds is 8. The first-order valence-electron chi connectivity index (χ1n) is 12.8. The Morgan fingerprint density at radius 1 is 1.23 bits per heavy atom. The van der Waals surface area contributed by atoms with Crippen molar-refractivity contribution in [3.63, 3.8) is 0 Å². The molecule has 0 bridgehead atoms. The highest BCUT2D eigenvalue weighted by atomic mass is 16.5. The Hall–Kier alpha value is -2.64. The molecular weight excluding hydrogens is 442 g/mol. The van der Waals surface area contributed by atoms with Gasteiger partial charge in [0.1, 0.15) is 17.4 Å². The van der Waals surface area contributed by atoms with E-state index in [9.17, 15) is 9.90 Å². The van der Waals surface area contributed by atoms with Crippen LogP contribution in [0.25, 0.3) is 11.1 Å². The average Bonchev–Trinajstić information content (AvgIpc) is 3.38. The van der Waals surface area contributed by atoms with E-state index in [1.165, 1.54) is 25.7 Å². The minimum atomic E-state index is -0.298. The van der Waals surface area contributed by atoms with Crippen molar-refractivity contribution in [2.24, 2.45) is 11.8 Å². The molecule has 0 spiro atoms. The van der Waals surface area contributed by atoms with E-state index in [1.54, 1.807) is 18.2 Å². The van der Waals surface area contributed by atoms with Crippen LogP contribution in [0.3, 0.4) is 0 Å². The van der Waals surface area contributed by atoms with E-state index in [1.807, 2.05) is 37.3 Å². The molecule has 2 aromatic rings. The predicted molar refractivity (Wildman–Crippen MR) is 137 cm³/mol. The molecule has 2 aliphatic rings. The quantitative estimate of drug-likeness (QED) is 0.612. The summed E-state index contributed by atoms with van der Waals surface area (Å²) >= 11 is 0. The van der Waals surface area contributed by atoms with Crippen molar-refractivity contribution in [1.82, 2.24) is 14.8 Å². The van der Waals surface area contributed by atoms with Crippen molar-refractivity contribution in [3.8, 4) is 22.8 Å². The second-order valence-electron chi connectivity index (χ2n) is 10.3. The van der Waals surface area contributed by atoms with Crippen LogP contribution in [0.2, 0.25) is 0 Å². The number of aliphatic hydroxyl groups excluding tert-OH is 1. The number of aliphatic hydroxyl groups is 1. The summed E-state index contributed by atoms with van der Waals surface area (Å²) in [7, 11) is 3.79. The molecule has 0 unspecified atom stereocenters. The highest BCUT2D eigenvalue weighted by Crippen LogP contribution is 2.32. The maximum absolute atomic E-state index is 13.7.